The smallest absolute Gasteiger partial charge is 0.245 e. The summed E-state index contributed by atoms with van der Waals surface area (Å²) in [5.41, 5.74) is 7.49. The summed E-state index contributed by atoms with van der Waals surface area (Å²) in [6, 6.07) is -4.57. The van der Waals surface area contributed by atoms with Gasteiger partial charge < -0.3 is 37.2 Å². The molecule has 0 aromatic carbocycles. The lowest BCUT2D eigenvalue weighted by molar-refractivity contribution is -0.143. The van der Waals surface area contributed by atoms with E-state index in [0.29, 0.717) is 44.2 Å². The van der Waals surface area contributed by atoms with E-state index in [2.05, 4.69) is 33.2 Å². The van der Waals surface area contributed by atoms with E-state index in [9.17, 15) is 24.0 Å². The summed E-state index contributed by atoms with van der Waals surface area (Å²) >= 11 is 0. The van der Waals surface area contributed by atoms with Gasteiger partial charge in [0.15, 0.2) is 0 Å². The number of amides is 5. The van der Waals surface area contributed by atoms with Crippen LogP contribution < -0.4 is 32.3 Å². The Morgan fingerprint density at radius 2 is 1.56 bits per heavy atom. The SMILES string of the molecule is C=C1/C=C\C=CNC=C1C[C@@H]1NC(=O)[C@H](CC(C)C)N(C)C(=O)[C@H](CC(C)C)NC(=O)[C@H](C)NC(=O)[C@H](N)CCCCNC1=O. The molecule has 2 rings (SSSR count). The second kappa shape index (κ2) is 18.1. The van der Waals surface area contributed by atoms with E-state index in [-0.39, 0.29) is 24.2 Å². The number of nitrogens with one attached hydrogen (secondary N) is 5. The molecule has 1 saturated heterocycles. The molecule has 12 nitrogen and oxygen atoms in total. The molecule has 2 heterocycles. The molecular weight excluding hydrogens is 574 g/mol. The van der Waals surface area contributed by atoms with E-state index in [4.69, 9.17) is 5.73 Å². The van der Waals surface area contributed by atoms with Crippen molar-refractivity contribution in [2.24, 2.45) is 17.6 Å². The lowest BCUT2D eigenvalue weighted by atomic mass is 9.96. The highest BCUT2D eigenvalue weighted by atomic mass is 16.2. The molecule has 0 bridgehead atoms. The minimum atomic E-state index is -0.959. The maximum Gasteiger partial charge on any atom is 0.245 e. The van der Waals surface area contributed by atoms with E-state index >= 15 is 0 Å². The quantitative estimate of drug-likeness (QED) is 0.259. The fourth-order valence-electron chi connectivity index (χ4n) is 5.14. The Balaban J connectivity index is 2.48. The third-order valence-corrected chi connectivity index (χ3v) is 7.79. The summed E-state index contributed by atoms with van der Waals surface area (Å²) in [7, 11) is 1.54. The number of rotatable bonds is 6. The van der Waals surface area contributed by atoms with Crippen LogP contribution in [0.2, 0.25) is 0 Å². The maximum atomic E-state index is 13.9. The van der Waals surface area contributed by atoms with Crippen LogP contribution in [0.25, 0.3) is 0 Å². The Hall–Kier alpha value is -3.93. The van der Waals surface area contributed by atoms with E-state index in [0.717, 1.165) is 5.57 Å². The van der Waals surface area contributed by atoms with Crippen LogP contribution in [-0.4, -0.2) is 78.2 Å². The molecule has 7 N–H and O–H groups in total. The van der Waals surface area contributed by atoms with E-state index in [1.807, 2.05) is 45.9 Å². The fraction of sp³-hybridized carbons (Fsp3) is 0.606. The Morgan fingerprint density at radius 3 is 2.22 bits per heavy atom. The molecule has 0 saturated carbocycles. The molecule has 0 aromatic rings. The molecule has 5 atom stereocenters. The van der Waals surface area contributed by atoms with Gasteiger partial charge in [-0.3, -0.25) is 24.0 Å². The van der Waals surface area contributed by atoms with Gasteiger partial charge in [-0.05, 0) is 68.1 Å². The first-order valence-corrected chi connectivity index (χ1v) is 15.9. The second-order valence-corrected chi connectivity index (χ2v) is 12.8. The molecule has 1 fully saturated rings. The normalized spacial score (nSPS) is 27.5. The lowest BCUT2D eigenvalue weighted by Crippen LogP contribution is -2.59. The predicted molar refractivity (Wildman–Crippen MR) is 175 cm³/mol. The molecule has 45 heavy (non-hydrogen) atoms. The third kappa shape index (κ3) is 12.2. The topological polar surface area (TPSA) is 175 Å². The first-order valence-electron chi connectivity index (χ1n) is 15.9. The third-order valence-electron chi connectivity index (χ3n) is 7.79. The standard InChI is InChI=1S/C33H53N7O5/c1-20(2)16-27-33(45)40(7)28(17-21(3)4)32(44)38-26(18-24-19-35-14-10-8-12-22(24)5)31(43)36-15-11-9-13-25(34)30(42)37-23(6)29(41)39-27/h8,10,12,14,19-21,23,25-28,35H,5,9,11,13,15-18,34H2,1-4,6-7H3,(H,36,43)(H,37,42)(H,38,44)(H,39,41)/b12-8-,14-10?,24-19?/t23-,25+,26-,27-,28-/m0/s1. The Bertz CT molecular complexity index is 1180. The molecule has 0 aliphatic carbocycles. The van der Waals surface area contributed by atoms with Crippen LogP contribution in [0, 0.1) is 11.8 Å². The largest absolute Gasteiger partial charge is 0.367 e. The predicted octanol–water partition coefficient (Wildman–Crippen LogP) is 1.51. The van der Waals surface area contributed by atoms with Gasteiger partial charge in [0.1, 0.15) is 24.2 Å². The van der Waals surface area contributed by atoms with Gasteiger partial charge >= 0.3 is 0 Å². The van der Waals surface area contributed by atoms with Crippen molar-refractivity contribution >= 4 is 29.5 Å². The van der Waals surface area contributed by atoms with Gasteiger partial charge in [0.2, 0.25) is 29.5 Å². The Kier molecular flexibility index (Phi) is 15.0. The maximum absolute atomic E-state index is 13.9. The molecule has 0 unspecified atom stereocenters. The van der Waals surface area contributed by atoms with Crippen molar-refractivity contribution in [2.45, 2.75) is 103 Å². The van der Waals surface area contributed by atoms with Crippen LogP contribution in [0.5, 0.6) is 0 Å². The summed E-state index contributed by atoms with van der Waals surface area (Å²) in [6.07, 6.45) is 11.2. The van der Waals surface area contributed by atoms with Crippen molar-refractivity contribution in [2.75, 3.05) is 13.6 Å². The summed E-state index contributed by atoms with van der Waals surface area (Å²) in [6.45, 7) is 13.7. The summed E-state index contributed by atoms with van der Waals surface area (Å²) in [5.74, 6) is -2.21. The molecule has 250 valence electrons. The zero-order valence-electron chi connectivity index (χ0n) is 27.7. The monoisotopic (exact) mass is 627 g/mol. The van der Waals surface area contributed by atoms with Gasteiger partial charge in [-0.2, -0.15) is 0 Å². The summed E-state index contributed by atoms with van der Waals surface area (Å²) in [5, 5.41) is 14.3. The van der Waals surface area contributed by atoms with Crippen LogP contribution in [0.4, 0.5) is 0 Å². The van der Waals surface area contributed by atoms with Gasteiger partial charge in [-0.1, -0.05) is 46.4 Å². The molecule has 2 aliphatic rings. The molecule has 0 spiro atoms. The number of likely N-dealkylation sites (N-methyl/N-ethyl adjacent to an activating group) is 1. The molecular formula is C33H53N7O5. The van der Waals surface area contributed by atoms with Crippen molar-refractivity contribution in [3.63, 3.8) is 0 Å². The number of carbonyl (C=O) groups is 5. The molecule has 5 amide bonds. The van der Waals surface area contributed by atoms with Crippen LogP contribution in [0.3, 0.4) is 0 Å². The number of hydrogen-bond acceptors (Lipinski definition) is 7. The van der Waals surface area contributed by atoms with Crippen LogP contribution >= 0.6 is 0 Å². The van der Waals surface area contributed by atoms with Crippen LogP contribution in [-0.2, 0) is 24.0 Å². The number of carbonyl (C=O) groups excluding carboxylic acids is 5. The summed E-state index contributed by atoms with van der Waals surface area (Å²) < 4.78 is 0. The van der Waals surface area contributed by atoms with Crippen molar-refractivity contribution in [1.82, 2.24) is 31.5 Å². The van der Waals surface area contributed by atoms with E-state index < -0.39 is 53.8 Å². The van der Waals surface area contributed by atoms with Crippen molar-refractivity contribution < 1.29 is 24.0 Å². The van der Waals surface area contributed by atoms with E-state index in [1.54, 1.807) is 12.4 Å². The number of allylic oxidation sites excluding steroid dienone is 4. The lowest BCUT2D eigenvalue weighted by Gasteiger charge is -2.33. The number of hydrogen-bond donors (Lipinski definition) is 6. The van der Waals surface area contributed by atoms with E-state index in [1.165, 1.54) is 18.9 Å². The van der Waals surface area contributed by atoms with Crippen LogP contribution in [0.1, 0.15) is 73.1 Å². The zero-order valence-corrected chi connectivity index (χ0v) is 27.7. The highest BCUT2D eigenvalue weighted by Crippen LogP contribution is 2.19. The average Bonchev–Trinajstić information content (AvgIpc) is 2.96. The second-order valence-electron chi connectivity index (χ2n) is 12.8. The van der Waals surface area contributed by atoms with Crippen molar-refractivity contribution in [3.8, 4) is 0 Å². The first kappa shape index (κ1) is 37.3. The molecule has 2 aliphatic heterocycles. The average molecular weight is 628 g/mol. The minimum absolute atomic E-state index is 0.0386. The highest BCUT2D eigenvalue weighted by Gasteiger charge is 2.35. The van der Waals surface area contributed by atoms with Gasteiger partial charge in [0.25, 0.3) is 0 Å². The molecule has 0 aromatic heterocycles. The first-order chi connectivity index (χ1) is 21.2. The molecule has 12 heteroatoms. The number of nitrogens with zero attached hydrogens (tertiary/aromatic N) is 1. The van der Waals surface area contributed by atoms with Gasteiger partial charge in [0, 0.05) is 32.4 Å². The van der Waals surface area contributed by atoms with Crippen molar-refractivity contribution in [1.29, 1.82) is 0 Å². The minimum Gasteiger partial charge on any atom is -0.367 e. The summed E-state index contributed by atoms with van der Waals surface area (Å²) in [4.78, 5) is 68.5. The van der Waals surface area contributed by atoms with Gasteiger partial charge in [0.05, 0.1) is 6.04 Å². The highest BCUT2D eigenvalue weighted by molar-refractivity contribution is 5.95. The Morgan fingerprint density at radius 1 is 0.889 bits per heavy atom. The number of nitrogens with two attached hydrogens (primary N) is 1. The zero-order chi connectivity index (χ0) is 33.7. The van der Waals surface area contributed by atoms with Crippen LogP contribution in [0.15, 0.2) is 48.4 Å². The molecule has 0 radical (unpaired) electrons. The fourth-order valence-corrected chi connectivity index (χ4v) is 5.14. The van der Waals surface area contributed by atoms with Gasteiger partial charge in [-0.15, -0.1) is 0 Å². The Labute approximate surface area is 267 Å². The van der Waals surface area contributed by atoms with Crippen molar-refractivity contribution in [3.05, 3.63) is 48.4 Å². The van der Waals surface area contributed by atoms with Gasteiger partial charge in [-0.25, -0.2) is 0 Å².